The van der Waals surface area contributed by atoms with Gasteiger partial charge >= 0.3 is 0 Å². The first-order chi connectivity index (χ1) is 15.0. The third-order valence-corrected chi connectivity index (χ3v) is 5.87. The van der Waals surface area contributed by atoms with Gasteiger partial charge in [0.05, 0.1) is 32.9 Å². The summed E-state index contributed by atoms with van der Waals surface area (Å²) in [5.41, 5.74) is 2.89. The van der Waals surface area contributed by atoms with Gasteiger partial charge in [0, 0.05) is 24.6 Å². The van der Waals surface area contributed by atoms with Crippen LogP contribution in [0.2, 0.25) is 0 Å². The molecule has 1 aromatic heterocycles. The molecule has 0 aliphatic carbocycles. The van der Waals surface area contributed by atoms with Crippen LogP contribution < -0.4 is 19.8 Å². The summed E-state index contributed by atoms with van der Waals surface area (Å²) < 4.78 is 16.2. The van der Waals surface area contributed by atoms with Crippen LogP contribution in [0.4, 0.5) is 0 Å². The van der Waals surface area contributed by atoms with Crippen molar-refractivity contribution < 1.29 is 19.0 Å². The molecular formula is C24H26N2O5. The Morgan fingerprint density at radius 1 is 1.03 bits per heavy atom. The van der Waals surface area contributed by atoms with E-state index in [0.29, 0.717) is 47.7 Å². The fourth-order valence-electron chi connectivity index (χ4n) is 4.28. The van der Waals surface area contributed by atoms with Gasteiger partial charge in [-0.2, -0.15) is 0 Å². The van der Waals surface area contributed by atoms with E-state index in [-0.39, 0.29) is 11.5 Å². The zero-order chi connectivity index (χ0) is 22.1. The second kappa shape index (κ2) is 8.34. The van der Waals surface area contributed by atoms with Crippen LogP contribution in [-0.2, 0) is 11.2 Å². The molecule has 0 radical (unpaired) electrons. The Balaban J connectivity index is 1.94. The number of fused-ring (bicyclic) bond motifs is 2. The summed E-state index contributed by atoms with van der Waals surface area (Å²) >= 11 is 0. The van der Waals surface area contributed by atoms with Crippen LogP contribution in [0.15, 0.2) is 41.2 Å². The maximum Gasteiger partial charge on any atom is 0.254 e. The van der Waals surface area contributed by atoms with Gasteiger partial charge in [-0.25, -0.2) is 0 Å². The first-order valence-corrected chi connectivity index (χ1v) is 10.3. The van der Waals surface area contributed by atoms with Gasteiger partial charge in [0.2, 0.25) is 5.91 Å². The Kier molecular flexibility index (Phi) is 5.59. The summed E-state index contributed by atoms with van der Waals surface area (Å²) in [5.74, 6) is 1.87. The molecule has 1 atom stereocenters. The minimum atomic E-state index is -0.508. The standard InChI is InChI=1S/C24H26N2O5/c1-5-22(27)26-9-8-14-11-20(30-3)21(31-4)13-17(14)23(26)18-10-15-6-7-16(29-2)12-19(15)25-24(18)28/h6-7,10-13,23H,5,8-9H2,1-4H3,(H,25,28). The van der Waals surface area contributed by atoms with Crippen molar-refractivity contribution in [3.63, 3.8) is 0 Å². The number of amides is 1. The molecular weight excluding hydrogens is 396 g/mol. The maximum atomic E-state index is 13.2. The number of nitrogens with one attached hydrogen (secondary N) is 1. The molecule has 31 heavy (non-hydrogen) atoms. The van der Waals surface area contributed by atoms with Crippen LogP contribution in [0.3, 0.4) is 0 Å². The molecule has 7 heteroatoms. The molecule has 1 amide bonds. The van der Waals surface area contributed by atoms with Crippen molar-refractivity contribution in [2.24, 2.45) is 0 Å². The predicted molar refractivity (Wildman–Crippen MR) is 118 cm³/mol. The molecule has 0 bridgehead atoms. The number of carbonyl (C=O) groups is 1. The fraction of sp³-hybridized carbons (Fsp3) is 0.333. The number of aromatic amines is 1. The van der Waals surface area contributed by atoms with Crippen molar-refractivity contribution in [1.82, 2.24) is 9.88 Å². The van der Waals surface area contributed by atoms with Gasteiger partial charge in [-0.3, -0.25) is 9.59 Å². The van der Waals surface area contributed by atoms with Crippen LogP contribution in [-0.4, -0.2) is 43.7 Å². The highest BCUT2D eigenvalue weighted by atomic mass is 16.5. The van der Waals surface area contributed by atoms with Gasteiger partial charge in [0.25, 0.3) is 5.56 Å². The first kappa shape index (κ1) is 20.8. The average molecular weight is 422 g/mol. The number of carbonyl (C=O) groups excluding carboxylic acids is 1. The van der Waals surface area contributed by atoms with Crippen molar-refractivity contribution >= 4 is 16.8 Å². The topological polar surface area (TPSA) is 80.9 Å². The van der Waals surface area contributed by atoms with Crippen molar-refractivity contribution in [3.8, 4) is 17.2 Å². The number of pyridine rings is 1. The summed E-state index contributed by atoms with van der Waals surface area (Å²) in [4.78, 5) is 30.8. The Labute approximate surface area is 180 Å². The van der Waals surface area contributed by atoms with Crippen molar-refractivity contribution in [1.29, 1.82) is 0 Å². The van der Waals surface area contributed by atoms with E-state index in [0.717, 1.165) is 16.5 Å². The summed E-state index contributed by atoms with van der Waals surface area (Å²) in [6, 6.07) is 10.7. The lowest BCUT2D eigenvalue weighted by Gasteiger charge is -2.37. The van der Waals surface area contributed by atoms with Crippen molar-refractivity contribution in [3.05, 3.63) is 63.4 Å². The molecule has 1 aliphatic rings. The smallest absolute Gasteiger partial charge is 0.254 e. The Morgan fingerprint density at radius 3 is 2.45 bits per heavy atom. The molecule has 0 saturated heterocycles. The van der Waals surface area contributed by atoms with Crippen LogP contribution in [0, 0.1) is 0 Å². The second-order valence-electron chi connectivity index (χ2n) is 7.51. The normalized spacial score (nSPS) is 15.5. The predicted octanol–water partition coefficient (Wildman–Crippen LogP) is 3.44. The Bertz CT molecular complexity index is 1200. The van der Waals surface area contributed by atoms with Gasteiger partial charge in [-0.15, -0.1) is 0 Å². The summed E-state index contributed by atoms with van der Waals surface area (Å²) in [6.45, 7) is 2.36. The molecule has 7 nitrogen and oxygen atoms in total. The number of rotatable bonds is 5. The largest absolute Gasteiger partial charge is 0.497 e. The van der Waals surface area contributed by atoms with Crippen LogP contribution in [0.5, 0.6) is 17.2 Å². The number of H-pyrrole nitrogens is 1. The molecule has 162 valence electrons. The SMILES string of the molecule is CCC(=O)N1CCc2cc(OC)c(OC)cc2C1c1cc2ccc(OC)cc2[nH]c1=O. The molecule has 1 N–H and O–H groups in total. The van der Waals surface area contributed by atoms with Gasteiger partial charge < -0.3 is 24.1 Å². The minimum absolute atomic E-state index is 0.000312. The van der Waals surface area contributed by atoms with Crippen LogP contribution >= 0.6 is 0 Å². The molecule has 4 rings (SSSR count). The lowest BCUT2D eigenvalue weighted by Crippen LogP contribution is -2.42. The minimum Gasteiger partial charge on any atom is -0.497 e. The Morgan fingerprint density at radius 2 is 1.77 bits per heavy atom. The van der Waals surface area contributed by atoms with E-state index in [4.69, 9.17) is 14.2 Å². The van der Waals surface area contributed by atoms with E-state index >= 15 is 0 Å². The molecule has 1 unspecified atom stereocenters. The number of nitrogens with zero attached hydrogens (tertiary/aromatic N) is 1. The average Bonchev–Trinajstić information content (AvgIpc) is 2.81. The van der Waals surface area contributed by atoms with Crippen LogP contribution in [0.1, 0.15) is 36.1 Å². The lowest BCUT2D eigenvalue weighted by atomic mass is 9.87. The highest BCUT2D eigenvalue weighted by Gasteiger charge is 2.34. The number of ether oxygens (including phenoxy) is 3. The van der Waals surface area contributed by atoms with Gasteiger partial charge in [0.15, 0.2) is 11.5 Å². The van der Waals surface area contributed by atoms with E-state index in [1.54, 1.807) is 32.3 Å². The van der Waals surface area contributed by atoms with Crippen LogP contribution in [0.25, 0.3) is 10.9 Å². The van der Waals surface area contributed by atoms with E-state index in [9.17, 15) is 9.59 Å². The number of hydrogen-bond donors (Lipinski definition) is 1. The van der Waals surface area contributed by atoms with E-state index < -0.39 is 6.04 Å². The molecule has 3 aromatic rings. The van der Waals surface area contributed by atoms with Gasteiger partial charge in [-0.1, -0.05) is 6.92 Å². The first-order valence-electron chi connectivity index (χ1n) is 10.3. The molecule has 0 saturated carbocycles. The molecule has 2 aromatic carbocycles. The highest BCUT2D eigenvalue weighted by molar-refractivity contribution is 5.82. The molecule has 0 spiro atoms. The summed E-state index contributed by atoms with van der Waals surface area (Å²) in [6.07, 6.45) is 1.04. The quantitative estimate of drug-likeness (QED) is 0.681. The summed E-state index contributed by atoms with van der Waals surface area (Å²) in [5, 5.41) is 0.867. The van der Waals surface area contributed by atoms with E-state index in [1.807, 2.05) is 37.3 Å². The third-order valence-electron chi connectivity index (χ3n) is 5.87. The highest BCUT2D eigenvalue weighted by Crippen LogP contribution is 2.40. The lowest BCUT2D eigenvalue weighted by molar-refractivity contribution is -0.132. The van der Waals surface area contributed by atoms with E-state index in [2.05, 4.69) is 4.98 Å². The zero-order valence-corrected chi connectivity index (χ0v) is 18.2. The van der Waals surface area contributed by atoms with Gasteiger partial charge in [0.1, 0.15) is 5.75 Å². The molecule has 2 heterocycles. The number of methoxy groups -OCH3 is 3. The monoisotopic (exact) mass is 422 g/mol. The number of hydrogen-bond acceptors (Lipinski definition) is 5. The second-order valence-corrected chi connectivity index (χ2v) is 7.51. The van der Waals surface area contributed by atoms with Crippen molar-refractivity contribution in [2.75, 3.05) is 27.9 Å². The molecule has 0 fully saturated rings. The number of benzene rings is 2. The third kappa shape index (κ3) is 3.60. The zero-order valence-electron chi connectivity index (χ0n) is 18.2. The molecule has 1 aliphatic heterocycles. The Hall–Kier alpha value is -3.48. The van der Waals surface area contributed by atoms with Gasteiger partial charge in [-0.05, 0) is 53.3 Å². The van der Waals surface area contributed by atoms with E-state index in [1.165, 1.54) is 0 Å². The maximum absolute atomic E-state index is 13.2. The number of aromatic nitrogens is 1. The summed E-state index contributed by atoms with van der Waals surface area (Å²) in [7, 11) is 4.76. The van der Waals surface area contributed by atoms with Crippen molar-refractivity contribution in [2.45, 2.75) is 25.8 Å². The fourth-order valence-corrected chi connectivity index (χ4v) is 4.28.